The standard InChI is InChI=1S/C25H30F4N2O4S/c1-16-6-8-21(12-20(16)13-24(32)33)36(34,35)31-17(2)14-30(15-18(31)3)10-4-5-19-7-9-22(23(26)11-19)25(27,28)29/h6-9,11-12,17-18H,4-5,10,13-15H2,1-3H3,(H,32,33)/t17-,18?/m0/s1. The number of sulfonamides is 1. The van der Waals surface area contributed by atoms with Gasteiger partial charge in [-0.3, -0.25) is 4.79 Å². The molecule has 0 amide bonds. The summed E-state index contributed by atoms with van der Waals surface area (Å²) in [4.78, 5) is 13.3. The molecule has 0 aromatic heterocycles. The number of aryl methyl sites for hydroxylation is 2. The lowest BCUT2D eigenvalue weighted by molar-refractivity contribution is -0.140. The van der Waals surface area contributed by atoms with Crippen LogP contribution >= 0.6 is 0 Å². The Labute approximate surface area is 208 Å². The third-order valence-electron chi connectivity index (χ3n) is 6.43. The summed E-state index contributed by atoms with van der Waals surface area (Å²) in [6.45, 7) is 6.84. The maximum absolute atomic E-state index is 13.8. The first-order valence-electron chi connectivity index (χ1n) is 11.6. The van der Waals surface area contributed by atoms with Gasteiger partial charge in [0, 0.05) is 25.2 Å². The van der Waals surface area contributed by atoms with E-state index in [0.717, 1.165) is 12.1 Å². The zero-order chi connectivity index (χ0) is 26.8. The van der Waals surface area contributed by atoms with E-state index < -0.39 is 33.5 Å². The molecule has 0 saturated carbocycles. The quantitative estimate of drug-likeness (QED) is 0.509. The summed E-state index contributed by atoms with van der Waals surface area (Å²) in [5.74, 6) is -2.33. The van der Waals surface area contributed by atoms with Gasteiger partial charge in [-0.05, 0) is 81.1 Å². The van der Waals surface area contributed by atoms with Crippen molar-refractivity contribution in [3.63, 3.8) is 0 Å². The molecule has 2 aromatic carbocycles. The van der Waals surface area contributed by atoms with Gasteiger partial charge < -0.3 is 10.0 Å². The molecule has 1 fully saturated rings. The van der Waals surface area contributed by atoms with Crippen molar-refractivity contribution in [1.82, 2.24) is 9.21 Å². The molecule has 1 saturated heterocycles. The Bertz CT molecular complexity index is 1210. The Kier molecular flexibility index (Phi) is 8.47. The fourth-order valence-electron chi connectivity index (χ4n) is 4.81. The number of halogens is 4. The molecular weight excluding hydrogens is 500 g/mol. The number of carboxylic acid groups (broad SMARTS) is 1. The molecule has 1 N–H and O–H groups in total. The molecule has 2 aromatic rings. The van der Waals surface area contributed by atoms with E-state index in [1.165, 1.54) is 22.5 Å². The molecule has 0 radical (unpaired) electrons. The van der Waals surface area contributed by atoms with Gasteiger partial charge >= 0.3 is 12.1 Å². The number of rotatable bonds is 8. The molecule has 198 valence electrons. The lowest BCUT2D eigenvalue weighted by atomic mass is 10.1. The van der Waals surface area contributed by atoms with Crippen LogP contribution in [0.1, 0.15) is 42.5 Å². The van der Waals surface area contributed by atoms with Gasteiger partial charge in [0.15, 0.2) is 0 Å². The van der Waals surface area contributed by atoms with Crippen molar-refractivity contribution in [3.05, 3.63) is 64.5 Å². The van der Waals surface area contributed by atoms with Crippen molar-refractivity contribution < 1.29 is 35.9 Å². The molecule has 1 aliphatic heterocycles. The minimum absolute atomic E-state index is 0.0563. The number of aliphatic carboxylic acids is 1. The maximum atomic E-state index is 13.8. The van der Waals surface area contributed by atoms with Gasteiger partial charge in [0.25, 0.3) is 0 Å². The Morgan fingerprint density at radius 2 is 1.72 bits per heavy atom. The fraction of sp³-hybridized carbons (Fsp3) is 0.480. The maximum Gasteiger partial charge on any atom is 0.419 e. The van der Waals surface area contributed by atoms with E-state index in [9.17, 15) is 30.8 Å². The highest BCUT2D eigenvalue weighted by atomic mass is 32.2. The summed E-state index contributed by atoms with van der Waals surface area (Å²) >= 11 is 0. The minimum Gasteiger partial charge on any atom is -0.481 e. The van der Waals surface area contributed by atoms with Crippen LogP contribution in [0.2, 0.25) is 0 Å². The summed E-state index contributed by atoms with van der Waals surface area (Å²) < 4.78 is 80.4. The third-order valence-corrected chi connectivity index (χ3v) is 8.55. The van der Waals surface area contributed by atoms with E-state index in [0.29, 0.717) is 49.2 Å². The van der Waals surface area contributed by atoms with Crippen molar-refractivity contribution in [2.45, 2.75) is 63.2 Å². The van der Waals surface area contributed by atoms with E-state index in [1.54, 1.807) is 26.8 Å². The summed E-state index contributed by atoms with van der Waals surface area (Å²) in [5, 5.41) is 9.12. The van der Waals surface area contributed by atoms with E-state index in [-0.39, 0.29) is 23.4 Å². The molecule has 0 bridgehead atoms. The van der Waals surface area contributed by atoms with Crippen LogP contribution in [0.25, 0.3) is 0 Å². The molecule has 36 heavy (non-hydrogen) atoms. The second kappa shape index (κ2) is 10.9. The number of benzene rings is 2. The largest absolute Gasteiger partial charge is 0.481 e. The zero-order valence-electron chi connectivity index (χ0n) is 20.3. The van der Waals surface area contributed by atoms with Crippen LogP contribution < -0.4 is 0 Å². The molecule has 1 heterocycles. The summed E-state index contributed by atoms with van der Waals surface area (Å²) in [5.41, 5.74) is 0.339. The van der Waals surface area contributed by atoms with Crippen LogP contribution in [0.5, 0.6) is 0 Å². The van der Waals surface area contributed by atoms with Gasteiger partial charge in [0.05, 0.1) is 16.9 Å². The van der Waals surface area contributed by atoms with Gasteiger partial charge in [0.2, 0.25) is 10.0 Å². The van der Waals surface area contributed by atoms with Crippen molar-refractivity contribution in [3.8, 4) is 0 Å². The predicted octanol–water partition coefficient (Wildman–Crippen LogP) is 4.50. The number of carbonyl (C=O) groups is 1. The van der Waals surface area contributed by atoms with Gasteiger partial charge in [-0.1, -0.05) is 12.1 Å². The number of nitrogens with zero attached hydrogens (tertiary/aromatic N) is 2. The SMILES string of the molecule is Cc1ccc(S(=O)(=O)N2C(C)CN(CCCc3ccc(C(F)(F)F)c(F)c3)C[C@@H]2C)cc1CC(=O)O. The van der Waals surface area contributed by atoms with Crippen LogP contribution in [-0.4, -0.2) is 60.4 Å². The van der Waals surface area contributed by atoms with Gasteiger partial charge in [-0.2, -0.15) is 17.5 Å². The number of hydrogen-bond donors (Lipinski definition) is 1. The normalized spacial score (nSPS) is 20.0. The van der Waals surface area contributed by atoms with E-state index >= 15 is 0 Å². The minimum atomic E-state index is -4.73. The summed E-state index contributed by atoms with van der Waals surface area (Å²) in [6.07, 6.45) is -4.03. The highest BCUT2D eigenvalue weighted by Crippen LogP contribution is 2.32. The zero-order valence-corrected chi connectivity index (χ0v) is 21.2. The monoisotopic (exact) mass is 530 g/mol. The van der Waals surface area contributed by atoms with Crippen LogP contribution in [0.15, 0.2) is 41.3 Å². The molecule has 0 spiro atoms. The van der Waals surface area contributed by atoms with Crippen LogP contribution in [-0.2, 0) is 33.8 Å². The number of hydrogen-bond acceptors (Lipinski definition) is 4. The van der Waals surface area contributed by atoms with Crippen molar-refractivity contribution in [1.29, 1.82) is 0 Å². The topological polar surface area (TPSA) is 77.9 Å². The highest BCUT2D eigenvalue weighted by molar-refractivity contribution is 7.89. The Hall–Kier alpha value is -2.50. The average molecular weight is 531 g/mol. The van der Waals surface area contributed by atoms with Crippen molar-refractivity contribution in [2.75, 3.05) is 19.6 Å². The van der Waals surface area contributed by atoms with Crippen molar-refractivity contribution >= 4 is 16.0 Å². The number of alkyl halides is 3. The van der Waals surface area contributed by atoms with E-state index in [2.05, 4.69) is 4.90 Å². The van der Waals surface area contributed by atoms with Gasteiger partial charge in [-0.25, -0.2) is 12.8 Å². The lowest BCUT2D eigenvalue weighted by Gasteiger charge is -2.43. The third kappa shape index (κ3) is 6.43. The van der Waals surface area contributed by atoms with Gasteiger partial charge in [-0.15, -0.1) is 0 Å². The Morgan fingerprint density at radius 1 is 1.08 bits per heavy atom. The first kappa shape index (κ1) is 28.1. The first-order chi connectivity index (χ1) is 16.7. The van der Waals surface area contributed by atoms with E-state index in [1.807, 2.05) is 0 Å². The highest BCUT2D eigenvalue weighted by Gasteiger charge is 2.38. The molecule has 3 rings (SSSR count). The second-order valence-corrected chi connectivity index (χ2v) is 11.2. The van der Waals surface area contributed by atoms with Crippen LogP contribution in [0, 0.1) is 12.7 Å². The number of carboxylic acids is 1. The first-order valence-corrected chi connectivity index (χ1v) is 13.1. The molecule has 1 unspecified atom stereocenters. The number of piperazine rings is 1. The van der Waals surface area contributed by atoms with Crippen molar-refractivity contribution in [2.24, 2.45) is 0 Å². The predicted molar refractivity (Wildman–Crippen MR) is 127 cm³/mol. The van der Waals surface area contributed by atoms with Gasteiger partial charge in [0.1, 0.15) is 5.82 Å². The average Bonchev–Trinajstić information content (AvgIpc) is 2.73. The second-order valence-electron chi connectivity index (χ2n) is 9.37. The Morgan fingerprint density at radius 3 is 2.28 bits per heavy atom. The van der Waals surface area contributed by atoms with Crippen LogP contribution in [0.3, 0.4) is 0 Å². The smallest absolute Gasteiger partial charge is 0.419 e. The molecule has 2 atom stereocenters. The van der Waals surface area contributed by atoms with Crippen LogP contribution in [0.4, 0.5) is 17.6 Å². The summed E-state index contributed by atoms with van der Waals surface area (Å²) in [7, 11) is -3.86. The summed E-state index contributed by atoms with van der Waals surface area (Å²) in [6, 6.07) is 6.77. The molecule has 1 aliphatic rings. The molecular formula is C25H30F4N2O4S. The Balaban J connectivity index is 1.64. The fourth-order valence-corrected chi connectivity index (χ4v) is 6.66. The van der Waals surface area contributed by atoms with E-state index in [4.69, 9.17) is 5.11 Å². The lowest BCUT2D eigenvalue weighted by Crippen LogP contribution is -2.58. The molecule has 11 heteroatoms. The molecule has 6 nitrogen and oxygen atoms in total. The molecule has 0 aliphatic carbocycles.